The molecule has 2 atom stereocenters. The number of benzene rings is 1. The summed E-state index contributed by atoms with van der Waals surface area (Å²) in [6, 6.07) is 9.64. The number of ketones is 1. The first-order valence-corrected chi connectivity index (χ1v) is 8.21. The fraction of sp³-hybridized carbons (Fsp3) is 0.611. The average molecular weight is 289 g/mol. The Morgan fingerprint density at radius 2 is 2.10 bits per heavy atom. The van der Waals surface area contributed by atoms with Crippen LogP contribution in [0, 0.1) is 0 Å². The largest absolute Gasteiger partial charge is 0.377 e. The lowest BCUT2D eigenvalue weighted by atomic mass is 9.97. The number of likely N-dealkylation sites (tertiary alicyclic amines) is 1. The molecule has 0 amide bonds. The molecule has 1 fully saturated rings. The average Bonchev–Trinajstić information content (AvgIpc) is 2.55. The molecule has 1 aliphatic rings. The van der Waals surface area contributed by atoms with E-state index in [1.165, 1.54) is 0 Å². The smallest absolute Gasteiger partial charge is 0.179 e. The van der Waals surface area contributed by atoms with E-state index in [0.717, 1.165) is 50.9 Å². The number of nitrogens with zero attached hydrogens (tertiary/aromatic N) is 1. The monoisotopic (exact) mass is 289 g/mol. The van der Waals surface area contributed by atoms with Crippen molar-refractivity contribution in [2.75, 3.05) is 19.7 Å². The lowest BCUT2D eigenvalue weighted by Crippen LogP contribution is -2.48. The molecule has 0 aliphatic carbocycles. The zero-order chi connectivity index (χ0) is 15.1. The fourth-order valence-electron chi connectivity index (χ4n) is 3.07. The zero-order valence-corrected chi connectivity index (χ0v) is 13.3. The third kappa shape index (κ3) is 4.39. The van der Waals surface area contributed by atoms with E-state index in [1.807, 2.05) is 30.3 Å². The predicted octanol–water partition coefficient (Wildman–Crippen LogP) is 3.54. The van der Waals surface area contributed by atoms with E-state index in [0.29, 0.717) is 0 Å². The molecule has 3 nitrogen and oxygen atoms in total. The molecule has 2 rings (SSSR count). The second-order valence-electron chi connectivity index (χ2n) is 5.78. The van der Waals surface area contributed by atoms with Crippen LogP contribution >= 0.6 is 0 Å². The molecule has 0 spiro atoms. The predicted molar refractivity (Wildman–Crippen MR) is 85.7 cm³/mol. The Balaban J connectivity index is 2.01. The van der Waals surface area contributed by atoms with Gasteiger partial charge in [-0.2, -0.15) is 0 Å². The van der Waals surface area contributed by atoms with Crippen molar-refractivity contribution in [1.82, 2.24) is 4.90 Å². The molecule has 0 N–H and O–H groups in total. The maximum Gasteiger partial charge on any atom is 0.179 e. The number of piperidine rings is 1. The summed E-state index contributed by atoms with van der Waals surface area (Å²) in [5.41, 5.74) is 0.820. The van der Waals surface area contributed by atoms with Crippen molar-refractivity contribution in [2.24, 2.45) is 0 Å². The summed E-state index contributed by atoms with van der Waals surface area (Å²) in [5.74, 6) is 0.245. The van der Waals surface area contributed by atoms with Gasteiger partial charge in [0.1, 0.15) is 0 Å². The molecule has 1 aromatic rings. The lowest BCUT2D eigenvalue weighted by molar-refractivity contribution is -0.0104. The Bertz CT molecular complexity index is 432. The topological polar surface area (TPSA) is 29.5 Å². The summed E-state index contributed by atoms with van der Waals surface area (Å²) in [7, 11) is 0. The highest BCUT2D eigenvalue weighted by molar-refractivity contribution is 6.00. The van der Waals surface area contributed by atoms with E-state index in [4.69, 9.17) is 4.74 Å². The van der Waals surface area contributed by atoms with Gasteiger partial charge >= 0.3 is 0 Å². The summed E-state index contributed by atoms with van der Waals surface area (Å²) in [5, 5.41) is 0. The molecule has 3 heteroatoms. The highest BCUT2D eigenvalue weighted by Gasteiger charge is 2.29. The number of Topliss-reactive ketones (excluding diaryl/α,β-unsaturated/α-hetero) is 1. The third-order valence-corrected chi connectivity index (χ3v) is 4.16. The van der Waals surface area contributed by atoms with Crippen LogP contribution in [0.3, 0.4) is 0 Å². The maximum atomic E-state index is 12.7. The summed E-state index contributed by atoms with van der Waals surface area (Å²) >= 11 is 0. The van der Waals surface area contributed by atoms with Crippen LogP contribution in [0.1, 0.15) is 49.9 Å². The zero-order valence-electron chi connectivity index (χ0n) is 13.3. The molecule has 1 heterocycles. The van der Waals surface area contributed by atoms with Gasteiger partial charge in [-0.3, -0.25) is 9.69 Å². The number of hydrogen-bond donors (Lipinski definition) is 0. The summed E-state index contributed by atoms with van der Waals surface area (Å²) in [4.78, 5) is 15.0. The first-order valence-electron chi connectivity index (χ1n) is 8.21. The molecular formula is C18H27NO2. The number of rotatable bonds is 7. The Morgan fingerprint density at radius 3 is 2.76 bits per heavy atom. The van der Waals surface area contributed by atoms with Crippen LogP contribution in [0.2, 0.25) is 0 Å². The Labute approximate surface area is 128 Å². The van der Waals surface area contributed by atoms with Crippen molar-refractivity contribution in [3.05, 3.63) is 35.9 Å². The van der Waals surface area contributed by atoms with Crippen molar-refractivity contribution in [2.45, 2.75) is 51.7 Å². The van der Waals surface area contributed by atoms with E-state index in [9.17, 15) is 4.79 Å². The number of carbonyl (C=O) groups excluding carboxylic acids is 1. The number of ether oxygens (including phenoxy) is 1. The van der Waals surface area contributed by atoms with Crippen molar-refractivity contribution in [1.29, 1.82) is 0 Å². The minimum Gasteiger partial charge on any atom is -0.377 e. The maximum absolute atomic E-state index is 12.7. The van der Waals surface area contributed by atoms with Gasteiger partial charge in [0.15, 0.2) is 5.78 Å². The SMILES string of the molecule is CCCOC1CCCN(C(CC)C(=O)c2ccccc2)C1. The van der Waals surface area contributed by atoms with Gasteiger partial charge in [0, 0.05) is 18.7 Å². The van der Waals surface area contributed by atoms with Gasteiger partial charge in [-0.1, -0.05) is 44.2 Å². The molecule has 116 valence electrons. The molecule has 0 bridgehead atoms. The van der Waals surface area contributed by atoms with E-state index >= 15 is 0 Å². The van der Waals surface area contributed by atoms with Gasteiger partial charge in [0.05, 0.1) is 12.1 Å². The van der Waals surface area contributed by atoms with Gasteiger partial charge in [-0.05, 0) is 32.2 Å². The fourth-order valence-corrected chi connectivity index (χ4v) is 3.07. The van der Waals surface area contributed by atoms with Crippen molar-refractivity contribution < 1.29 is 9.53 Å². The first kappa shape index (κ1) is 16.2. The molecule has 1 aliphatic heterocycles. The highest BCUT2D eigenvalue weighted by Crippen LogP contribution is 2.20. The van der Waals surface area contributed by atoms with E-state index in [2.05, 4.69) is 18.7 Å². The van der Waals surface area contributed by atoms with Crippen LogP contribution in [0.4, 0.5) is 0 Å². The van der Waals surface area contributed by atoms with E-state index in [-0.39, 0.29) is 17.9 Å². The van der Waals surface area contributed by atoms with Crippen LogP contribution in [-0.2, 0) is 4.74 Å². The van der Waals surface area contributed by atoms with Gasteiger partial charge in [0.2, 0.25) is 0 Å². The molecule has 0 aromatic heterocycles. The van der Waals surface area contributed by atoms with E-state index < -0.39 is 0 Å². The first-order chi connectivity index (χ1) is 10.3. The molecule has 2 unspecified atom stereocenters. The molecule has 21 heavy (non-hydrogen) atoms. The normalized spacial score (nSPS) is 21.1. The van der Waals surface area contributed by atoms with Crippen LogP contribution in [0.5, 0.6) is 0 Å². The van der Waals surface area contributed by atoms with Crippen LogP contribution in [0.15, 0.2) is 30.3 Å². The second kappa shape index (κ2) is 8.30. The Hall–Kier alpha value is -1.19. The molecular weight excluding hydrogens is 262 g/mol. The van der Waals surface area contributed by atoms with Crippen LogP contribution in [0.25, 0.3) is 0 Å². The number of hydrogen-bond acceptors (Lipinski definition) is 3. The van der Waals surface area contributed by atoms with Crippen molar-refractivity contribution in [3.8, 4) is 0 Å². The van der Waals surface area contributed by atoms with Crippen molar-refractivity contribution in [3.63, 3.8) is 0 Å². The molecule has 1 saturated heterocycles. The standard InChI is InChI=1S/C18H27NO2/c1-3-13-21-16-11-8-12-19(14-16)17(4-2)18(20)15-9-6-5-7-10-15/h5-7,9-10,16-17H,3-4,8,11-14H2,1-2H3. The lowest BCUT2D eigenvalue weighted by Gasteiger charge is -2.37. The summed E-state index contributed by atoms with van der Waals surface area (Å²) < 4.78 is 5.89. The third-order valence-electron chi connectivity index (χ3n) is 4.16. The van der Waals surface area contributed by atoms with Gasteiger partial charge in [-0.25, -0.2) is 0 Å². The Kier molecular flexibility index (Phi) is 6.40. The Morgan fingerprint density at radius 1 is 1.33 bits per heavy atom. The second-order valence-corrected chi connectivity index (χ2v) is 5.78. The van der Waals surface area contributed by atoms with Gasteiger partial charge < -0.3 is 4.74 Å². The number of carbonyl (C=O) groups is 1. The van der Waals surface area contributed by atoms with Gasteiger partial charge in [-0.15, -0.1) is 0 Å². The van der Waals surface area contributed by atoms with Crippen LogP contribution in [-0.4, -0.2) is 42.5 Å². The van der Waals surface area contributed by atoms with E-state index in [1.54, 1.807) is 0 Å². The summed E-state index contributed by atoms with van der Waals surface area (Å²) in [6.07, 6.45) is 4.43. The quantitative estimate of drug-likeness (QED) is 0.719. The highest BCUT2D eigenvalue weighted by atomic mass is 16.5. The molecule has 1 aromatic carbocycles. The summed E-state index contributed by atoms with van der Waals surface area (Å²) in [6.45, 7) is 6.94. The minimum absolute atomic E-state index is 0.0135. The van der Waals surface area contributed by atoms with Gasteiger partial charge in [0.25, 0.3) is 0 Å². The molecule has 0 saturated carbocycles. The van der Waals surface area contributed by atoms with Crippen LogP contribution < -0.4 is 0 Å². The van der Waals surface area contributed by atoms with Crippen molar-refractivity contribution >= 4 is 5.78 Å². The molecule has 0 radical (unpaired) electrons. The minimum atomic E-state index is -0.0135.